The summed E-state index contributed by atoms with van der Waals surface area (Å²) in [5.74, 6) is -0.134. The SMILES string of the molecule is Cc1ccc(Nc2nc(C(=O)NC(C)C)cs2)c(C)c1. The van der Waals surface area contributed by atoms with E-state index in [1.54, 1.807) is 5.38 Å². The van der Waals surface area contributed by atoms with Crippen molar-refractivity contribution in [1.29, 1.82) is 0 Å². The number of aromatic nitrogens is 1. The van der Waals surface area contributed by atoms with Crippen molar-refractivity contribution in [3.63, 3.8) is 0 Å². The summed E-state index contributed by atoms with van der Waals surface area (Å²) in [5.41, 5.74) is 3.86. The van der Waals surface area contributed by atoms with Crippen LogP contribution in [0.5, 0.6) is 0 Å². The molecule has 5 heteroatoms. The number of nitrogens with zero attached hydrogens (tertiary/aromatic N) is 1. The second-order valence-corrected chi connectivity index (χ2v) is 5.97. The van der Waals surface area contributed by atoms with Gasteiger partial charge in [0.15, 0.2) is 5.13 Å². The lowest BCUT2D eigenvalue weighted by molar-refractivity contribution is 0.0939. The Bertz CT molecular complexity index is 619. The van der Waals surface area contributed by atoms with Gasteiger partial charge in [0.25, 0.3) is 5.91 Å². The molecule has 0 aliphatic carbocycles. The fourth-order valence-corrected chi connectivity index (χ4v) is 2.54. The smallest absolute Gasteiger partial charge is 0.271 e. The van der Waals surface area contributed by atoms with E-state index in [2.05, 4.69) is 41.6 Å². The van der Waals surface area contributed by atoms with Gasteiger partial charge < -0.3 is 10.6 Å². The van der Waals surface area contributed by atoms with Gasteiger partial charge in [-0.1, -0.05) is 17.7 Å². The van der Waals surface area contributed by atoms with Gasteiger partial charge in [-0.15, -0.1) is 11.3 Å². The number of hydrogen-bond acceptors (Lipinski definition) is 4. The molecule has 1 amide bonds. The van der Waals surface area contributed by atoms with Gasteiger partial charge in [0, 0.05) is 17.1 Å². The fraction of sp³-hybridized carbons (Fsp3) is 0.333. The van der Waals surface area contributed by atoms with Gasteiger partial charge in [0.2, 0.25) is 0 Å². The first-order chi connectivity index (χ1) is 9.45. The molecule has 0 radical (unpaired) electrons. The zero-order valence-corrected chi connectivity index (χ0v) is 13.0. The van der Waals surface area contributed by atoms with E-state index >= 15 is 0 Å². The summed E-state index contributed by atoms with van der Waals surface area (Å²) < 4.78 is 0. The number of thiazole rings is 1. The molecule has 0 bridgehead atoms. The van der Waals surface area contributed by atoms with Gasteiger partial charge in [0.1, 0.15) is 5.69 Å². The van der Waals surface area contributed by atoms with E-state index in [0.29, 0.717) is 5.69 Å². The standard InChI is InChI=1S/C15H19N3OS/c1-9(2)16-14(19)13-8-20-15(18-13)17-12-6-5-10(3)7-11(12)4/h5-9H,1-4H3,(H,16,19)(H,17,18). The summed E-state index contributed by atoms with van der Waals surface area (Å²) >= 11 is 1.43. The van der Waals surface area contributed by atoms with E-state index in [1.807, 2.05) is 19.9 Å². The molecule has 2 rings (SSSR count). The van der Waals surface area contributed by atoms with Crippen LogP contribution >= 0.6 is 11.3 Å². The van der Waals surface area contributed by atoms with E-state index in [4.69, 9.17) is 0 Å². The summed E-state index contributed by atoms with van der Waals surface area (Å²) in [7, 11) is 0. The van der Waals surface area contributed by atoms with E-state index in [1.165, 1.54) is 16.9 Å². The first kappa shape index (κ1) is 14.5. The second kappa shape index (κ2) is 6.05. The highest BCUT2D eigenvalue weighted by Crippen LogP contribution is 2.24. The van der Waals surface area contributed by atoms with Crippen molar-refractivity contribution in [2.75, 3.05) is 5.32 Å². The quantitative estimate of drug-likeness (QED) is 0.903. The summed E-state index contributed by atoms with van der Waals surface area (Å²) in [6, 6.07) is 6.30. The third-order valence-electron chi connectivity index (χ3n) is 2.78. The molecule has 2 aromatic rings. The van der Waals surface area contributed by atoms with Crippen LogP contribution in [0.3, 0.4) is 0 Å². The average Bonchev–Trinajstić information content (AvgIpc) is 2.80. The van der Waals surface area contributed by atoms with E-state index in [9.17, 15) is 4.79 Å². The minimum atomic E-state index is -0.134. The Morgan fingerprint density at radius 1 is 1.30 bits per heavy atom. The molecule has 0 spiro atoms. The molecule has 0 unspecified atom stereocenters. The number of carbonyl (C=O) groups is 1. The molecule has 0 aliphatic heterocycles. The molecule has 0 aliphatic rings. The average molecular weight is 289 g/mol. The minimum Gasteiger partial charge on any atom is -0.349 e. The molecule has 1 heterocycles. The Kier molecular flexibility index (Phi) is 4.39. The van der Waals surface area contributed by atoms with Crippen LogP contribution in [0.25, 0.3) is 0 Å². The van der Waals surface area contributed by atoms with Crippen molar-refractivity contribution < 1.29 is 4.79 Å². The second-order valence-electron chi connectivity index (χ2n) is 5.11. The van der Waals surface area contributed by atoms with Gasteiger partial charge in [-0.25, -0.2) is 4.98 Å². The summed E-state index contributed by atoms with van der Waals surface area (Å²) in [6.07, 6.45) is 0. The van der Waals surface area contributed by atoms with Crippen LogP contribution in [-0.2, 0) is 0 Å². The molecule has 4 nitrogen and oxygen atoms in total. The maximum absolute atomic E-state index is 11.8. The Morgan fingerprint density at radius 2 is 2.05 bits per heavy atom. The highest BCUT2D eigenvalue weighted by Gasteiger charge is 2.12. The van der Waals surface area contributed by atoms with E-state index in [-0.39, 0.29) is 11.9 Å². The van der Waals surface area contributed by atoms with E-state index in [0.717, 1.165) is 16.4 Å². The van der Waals surface area contributed by atoms with Gasteiger partial charge in [-0.2, -0.15) is 0 Å². The van der Waals surface area contributed by atoms with Gasteiger partial charge in [0.05, 0.1) is 0 Å². The zero-order chi connectivity index (χ0) is 14.7. The monoisotopic (exact) mass is 289 g/mol. The molecular formula is C15H19N3OS. The summed E-state index contributed by atoms with van der Waals surface area (Å²) in [4.78, 5) is 16.2. The number of carbonyl (C=O) groups excluding carboxylic acids is 1. The largest absolute Gasteiger partial charge is 0.349 e. The van der Waals surface area contributed by atoms with Crippen molar-refractivity contribution in [1.82, 2.24) is 10.3 Å². The molecule has 0 fully saturated rings. The topological polar surface area (TPSA) is 54.0 Å². The highest BCUT2D eigenvalue weighted by atomic mass is 32.1. The first-order valence-electron chi connectivity index (χ1n) is 6.56. The number of benzene rings is 1. The molecule has 106 valence electrons. The molecule has 1 aromatic carbocycles. The summed E-state index contributed by atoms with van der Waals surface area (Å²) in [6.45, 7) is 7.97. The Balaban J connectivity index is 2.11. The van der Waals surface area contributed by atoms with Crippen LogP contribution in [0.15, 0.2) is 23.6 Å². The lowest BCUT2D eigenvalue weighted by Crippen LogP contribution is -2.30. The predicted octanol–water partition coefficient (Wildman–Crippen LogP) is 3.64. The third kappa shape index (κ3) is 3.57. The van der Waals surface area contributed by atoms with E-state index < -0.39 is 0 Å². The Labute approximate surface area is 123 Å². The van der Waals surface area contributed by atoms with Crippen LogP contribution in [-0.4, -0.2) is 16.9 Å². The molecule has 2 N–H and O–H groups in total. The number of aryl methyl sites for hydroxylation is 2. The minimum absolute atomic E-state index is 0.111. The number of hydrogen-bond donors (Lipinski definition) is 2. The predicted molar refractivity (Wildman–Crippen MR) is 83.9 cm³/mol. The van der Waals surface area contributed by atoms with Crippen LogP contribution in [0, 0.1) is 13.8 Å². The van der Waals surface area contributed by atoms with Gasteiger partial charge in [-0.3, -0.25) is 4.79 Å². The van der Waals surface area contributed by atoms with Crippen LogP contribution < -0.4 is 10.6 Å². The third-order valence-corrected chi connectivity index (χ3v) is 3.54. The Morgan fingerprint density at radius 3 is 2.70 bits per heavy atom. The number of rotatable bonds is 4. The van der Waals surface area contributed by atoms with Crippen molar-refractivity contribution >= 4 is 28.1 Å². The van der Waals surface area contributed by atoms with Crippen molar-refractivity contribution in [3.8, 4) is 0 Å². The number of nitrogens with one attached hydrogen (secondary N) is 2. The zero-order valence-electron chi connectivity index (χ0n) is 12.2. The number of anilines is 2. The first-order valence-corrected chi connectivity index (χ1v) is 7.44. The number of amides is 1. The summed E-state index contributed by atoms with van der Waals surface area (Å²) in [5, 5.41) is 8.58. The van der Waals surface area contributed by atoms with Gasteiger partial charge >= 0.3 is 0 Å². The van der Waals surface area contributed by atoms with Crippen LogP contribution in [0.2, 0.25) is 0 Å². The molecule has 0 saturated carbocycles. The molecule has 0 saturated heterocycles. The highest BCUT2D eigenvalue weighted by molar-refractivity contribution is 7.14. The maximum Gasteiger partial charge on any atom is 0.271 e. The maximum atomic E-state index is 11.8. The molecule has 0 atom stereocenters. The van der Waals surface area contributed by atoms with Crippen LogP contribution in [0.4, 0.5) is 10.8 Å². The molecule has 1 aromatic heterocycles. The Hall–Kier alpha value is -1.88. The van der Waals surface area contributed by atoms with Crippen LogP contribution in [0.1, 0.15) is 35.5 Å². The molecular weight excluding hydrogens is 270 g/mol. The molecule has 20 heavy (non-hydrogen) atoms. The van der Waals surface area contributed by atoms with Crippen molar-refractivity contribution in [3.05, 3.63) is 40.4 Å². The van der Waals surface area contributed by atoms with Crippen molar-refractivity contribution in [2.45, 2.75) is 33.7 Å². The normalized spacial score (nSPS) is 10.7. The van der Waals surface area contributed by atoms with Crippen molar-refractivity contribution in [2.24, 2.45) is 0 Å². The lowest BCUT2D eigenvalue weighted by atomic mass is 10.1. The lowest BCUT2D eigenvalue weighted by Gasteiger charge is -2.07. The fourth-order valence-electron chi connectivity index (χ4n) is 1.84. The van der Waals surface area contributed by atoms with Gasteiger partial charge in [-0.05, 0) is 39.3 Å².